The van der Waals surface area contributed by atoms with Crippen molar-refractivity contribution in [2.45, 2.75) is 26.0 Å². The van der Waals surface area contributed by atoms with Crippen LogP contribution in [0.3, 0.4) is 0 Å². The Hall–Kier alpha value is -2.34. The zero-order valence-corrected chi connectivity index (χ0v) is 11.1. The Bertz CT molecular complexity index is 659. The standard InChI is InChI=1S/C14H15NO5/c1-7-3-4-10-9(5-7)6-11(20-10)13(17)15-12(8(2)16)14(18)19/h3-6,8,12,16H,1-2H3,(H,15,17)(H,18,19). The Balaban J connectivity index is 2.25. The van der Waals surface area contributed by atoms with Crippen molar-refractivity contribution in [3.63, 3.8) is 0 Å². The molecule has 2 unspecified atom stereocenters. The molecule has 0 aliphatic heterocycles. The molecule has 0 saturated carbocycles. The molecule has 20 heavy (non-hydrogen) atoms. The smallest absolute Gasteiger partial charge is 0.328 e. The normalized spacial score (nSPS) is 13.9. The number of nitrogens with one attached hydrogen (secondary N) is 1. The number of carboxylic acid groups (broad SMARTS) is 1. The number of amides is 1. The number of hydrogen-bond donors (Lipinski definition) is 3. The van der Waals surface area contributed by atoms with E-state index in [1.165, 1.54) is 6.92 Å². The van der Waals surface area contributed by atoms with Crippen LogP contribution in [0.1, 0.15) is 23.0 Å². The largest absolute Gasteiger partial charge is 0.480 e. The summed E-state index contributed by atoms with van der Waals surface area (Å²) in [6.07, 6.45) is -1.21. The predicted molar refractivity (Wildman–Crippen MR) is 71.5 cm³/mol. The zero-order chi connectivity index (χ0) is 14.9. The Labute approximate surface area is 115 Å². The van der Waals surface area contributed by atoms with E-state index in [-0.39, 0.29) is 5.76 Å². The van der Waals surface area contributed by atoms with Gasteiger partial charge in [0.2, 0.25) is 0 Å². The Morgan fingerprint density at radius 1 is 1.30 bits per heavy atom. The molecule has 0 spiro atoms. The van der Waals surface area contributed by atoms with Gasteiger partial charge < -0.3 is 19.9 Å². The van der Waals surface area contributed by atoms with Crippen LogP contribution < -0.4 is 5.32 Å². The number of benzene rings is 1. The second-order valence-electron chi connectivity index (χ2n) is 4.68. The maximum absolute atomic E-state index is 11.9. The molecule has 0 saturated heterocycles. The minimum absolute atomic E-state index is 0.0116. The van der Waals surface area contributed by atoms with Crippen LogP contribution in [0.4, 0.5) is 0 Å². The van der Waals surface area contributed by atoms with Crippen LogP contribution in [-0.2, 0) is 4.79 Å². The SMILES string of the molecule is Cc1ccc2oc(C(=O)NC(C(=O)O)C(C)O)cc2c1. The van der Waals surface area contributed by atoms with Crippen molar-refractivity contribution in [2.24, 2.45) is 0 Å². The summed E-state index contributed by atoms with van der Waals surface area (Å²) in [6, 6.07) is 5.61. The monoisotopic (exact) mass is 277 g/mol. The van der Waals surface area contributed by atoms with E-state index in [0.29, 0.717) is 5.58 Å². The zero-order valence-electron chi connectivity index (χ0n) is 11.1. The van der Waals surface area contributed by atoms with Gasteiger partial charge in [-0.3, -0.25) is 4.79 Å². The molecule has 3 N–H and O–H groups in total. The first-order chi connectivity index (χ1) is 9.38. The van der Waals surface area contributed by atoms with Crippen molar-refractivity contribution in [1.82, 2.24) is 5.32 Å². The third kappa shape index (κ3) is 2.80. The highest BCUT2D eigenvalue weighted by Crippen LogP contribution is 2.20. The van der Waals surface area contributed by atoms with Crippen LogP contribution in [0.25, 0.3) is 11.0 Å². The van der Waals surface area contributed by atoms with Crippen LogP contribution >= 0.6 is 0 Å². The molecule has 0 aliphatic carbocycles. The first-order valence-electron chi connectivity index (χ1n) is 6.10. The van der Waals surface area contributed by atoms with Crippen molar-refractivity contribution < 1.29 is 24.2 Å². The summed E-state index contributed by atoms with van der Waals surface area (Å²) in [5.74, 6) is -1.97. The molecule has 0 aliphatic rings. The van der Waals surface area contributed by atoms with Gasteiger partial charge in [0.25, 0.3) is 5.91 Å². The van der Waals surface area contributed by atoms with E-state index in [4.69, 9.17) is 9.52 Å². The summed E-state index contributed by atoms with van der Waals surface area (Å²) >= 11 is 0. The minimum Gasteiger partial charge on any atom is -0.480 e. The number of furan rings is 1. The molecule has 0 bridgehead atoms. The van der Waals surface area contributed by atoms with Gasteiger partial charge in [0.15, 0.2) is 11.8 Å². The molecule has 2 atom stereocenters. The number of aliphatic hydroxyl groups is 1. The van der Waals surface area contributed by atoms with E-state index in [2.05, 4.69) is 5.32 Å². The molecule has 106 valence electrons. The highest BCUT2D eigenvalue weighted by atomic mass is 16.4. The maximum atomic E-state index is 11.9. The highest BCUT2D eigenvalue weighted by molar-refractivity contribution is 5.98. The fraction of sp³-hybridized carbons (Fsp3) is 0.286. The fourth-order valence-corrected chi connectivity index (χ4v) is 1.88. The van der Waals surface area contributed by atoms with Crippen molar-refractivity contribution >= 4 is 22.8 Å². The molecule has 1 aromatic heterocycles. The molecule has 2 rings (SSSR count). The summed E-state index contributed by atoms with van der Waals surface area (Å²) in [5, 5.41) is 21.2. The van der Waals surface area contributed by atoms with Crippen molar-refractivity contribution in [2.75, 3.05) is 0 Å². The van der Waals surface area contributed by atoms with E-state index in [9.17, 15) is 14.7 Å². The first kappa shape index (κ1) is 14.1. The second-order valence-corrected chi connectivity index (χ2v) is 4.68. The fourth-order valence-electron chi connectivity index (χ4n) is 1.88. The topological polar surface area (TPSA) is 99.8 Å². The molecule has 1 heterocycles. The number of carbonyl (C=O) groups is 2. The Kier molecular flexibility index (Phi) is 3.76. The van der Waals surface area contributed by atoms with E-state index in [0.717, 1.165) is 10.9 Å². The van der Waals surface area contributed by atoms with Crippen molar-refractivity contribution in [1.29, 1.82) is 0 Å². The van der Waals surface area contributed by atoms with Crippen molar-refractivity contribution in [3.8, 4) is 0 Å². The molecule has 6 nitrogen and oxygen atoms in total. The lowest BCUT2D eigenvalue weighted by atomic mass is 10.1. The van der Waals surface area contributed by atoms with Gasteiger partial charge in [0.05, 0.1) is 6.10 Å². The average Bonchev–Trinajstić information content (AvgIpc) is 2.77. The van der Waals surface area contributed by atoms with Crippen molar-refractivity contribution in [3.05, 3.63) is 35.6 Å². The maximum Gasteiger partial charge on any atom is 0.328 e. The minimum atomic E-state index is -1.38. The first-order valence-corrected chi connectivity index (χ1v) is 6.10. The van der Waals surface area contributed by atoms with E-state index in [1.807, 2.05) is 19.1 Å². The van der Waals surface area contributed by atoms with Crippen LogP contribution in [0.15, 0.2) is 28.7 Å². The number of hydrogen-bond acceptors (Lipinski definition) is 4. The third-order valence-corrected chi connectivity index (χ3v) is 2.93. The molecule has 0 radical (unpaired) electrons. The van der Waals surface area contributed by atoms with Crippen LogP contribution in [0.5, 0.6) is 0 Å². The van der Waals surface area contributed by atoms with E-state index >= 15 is 0 Å². The number of fused-ring (bicyclic) bond motifs is 1. The van der Waals surface area contributed by atoms with Gasteiger partial charge in [-0.05, 0) is 32.0 Å². The summed E-state index contributed by atoms with van der Waals surface area (Å²) in [7, 11) is 0. The average molecular weight is 277 g/mol. The Morgan fingerprint density at radius 3 is 2.60 bits per heavy atom. The number of rotatable bonds is 4. The summed E-state index contributed by atoms with van der Waals surface area (Å²) in [4.78, 5) is 22.9. The lowest BCUT2D eigenvalue weighted by molar-refractivity contribution is -0.141. The number of aliphatic carboxylic acids is 1. The summed E-state index contributed by atoms with van der Waals surface area (Å²) in [6.45, 7) is 3.21. The summed E-state index contributed by atoms with van der Waals surface area (Å²) in [5.41, 5.74) is 1.57. The summed E-state index contributed by atoms with van der Waals surface area (Å²) < 4.78 is 5.36. The number of aryl methyl sites for hydroxylation is 1. The molecule has 1 amide bonds. The molecule has 1 aromatic carbocycles. The highest BCUT2D eigenvalue weighted by Gasteiger charge is 2.26. The molecular weight excluding hydrogens is 262 g/mol. The molecule has 6 heteroatoms. The number of carbonyl (C=O) groups excluding carboxylic acids is 1. The predicted octanol–water partition coefficient (Wildman–Crippen LogP) is 1.31. The lowest BCUT2D eigenvalue weighted by Crippen LogP contribution is -2.47. The van der Waals surface area contributed by atoms with Crippen LogP contribution in [-0.4, -0.2) is 34.2 Å². The van der Waals surface area contributed by atoms with Gasteiger partial charge in [0.1, 0.15) is 5.58 Å². The van der Waals surface area contributed by atoms with Gasteiger partial charge in [-0.25, -0.2) is 4.79 Å². The van der Waals surface area contributed by atoms with Gasteiger partial charge >= 0.3 is 5.97 Å². The molecule has 0 fully saturated rings. The van der Waals surface area contributed by atoms with Crippen LogP contribution in [0, 0.1) is 6.92 Å². The quantitative estimate of drug-likeness (QED) is 0.782. The number of aliphatic hydroxyl groups excluding tert-OH is 1. The lowest BCUT2D eigenvalue weighted by Gasteiger charge is -2.15. The molecular formula is C14H15NO5. The Morgan fingerprint density at radius 2 is 2.00 bits per heavy atom. The van der Waals surface area contributed by atoms with E-state index < -0.39 is 24.0 Å². The van der Waals surface area contributed by atoms with Crippen LogP contribution in [0.2, 0.25) is 0 Å². The number of carboxylic acids is 1. The second kappa shape index (κ2) is 5.34. The van der Waals surface area contributed by atoms with Gasteiger partial charge in [-0.2, -0.15) is 0 Å². The van der Waals surface area contributed by atoms with Gasteiger partial charge in [-0.15, -0.1) is 0 Å². The third-order valence-electron chi connectivity index (χ3n) is 2.93. The van der Waals surface area contributed by atoms with Gasteiger partial charge in [-0.1, -0.05) is 11.6 Å². The molecule has 2 aromatic rings. The van der Waals surface area contributed by atoms with E-state index in [1.54, 1.807) is 12.1 Å². The van der Waals surface area contributed by atoms with Gasteiger partial charge in [0, 0.05) is 5.39 Å².